The monoisotopic (exact) mass is 411 g/mol. The quantitative estimate of drug-likeness (QED) is 0.785. The van der Waals surface area contributed by atoms with Gasteiger partial charge in [0.05, 0.1) is 11.1 Å². The van der Waals surface area contributed by atoms with Gasteiger partial charge in [-0.1, -0.05) is 29.8 Å². The van der Waals surface area contributed by atoms with Crippen LogP contribution in [-0.2, 0) is 4.79 Å². The van der Waals surface area contributed by atoms with E-state index in [1.165, 1.54) is 0 Å². The second-order valence-electron chi connectivity index (χ2n) is 7.42. The molecule has 2 aromatic carbocycles. The van der Waals surface area contributed by atoms with Crippen LogP contribution in [0.5, 0.6) is 0 Å². The first kappa shape index (κ1) is 19.6. The van der Waals surface area contributed by atoms with Gasteiger partial charge >= 0.3 is 0 Å². The topological polar surface area (TPSA) is 69.7 Å². The first-order valence-corrected chi connectivity index (χ1v) is 10.1. The Balaban J connectivity index is 1.63. The van der Waals surface area contributed by atoms with Gasteiger partial charge in [-0.3, -0.25) is 19.3 Å². The summed E-state index contributed by atoms with van der Waals surface area (Å²) in [6, 6.07) is 12.2. The highest BCUT2D eigenvalue weighted by Crippen LogP contribution is 2.28. The third kappa shape index (κ3) is 3.66. The van der Waals surface area contributed by atoms with Gasteiger partial charge in [-0.25, -0.2) is 0 Å². The summed E-state index contributed by atoms with van der Waals surface area (Å²) in [5.41, 5.74) is 2.30. The number of carbonyl (C=O) groups excluding carboxylic acids is 3. The van der Waals surface area contributed by atoms with Crippen LogP contribution in [0.4, 0.5) is 5.69 Å². The molecule has 29 heavy (non-hydrogen) atoms. The lowest BCUT2D eigenvalue weighted by Gasteiger charge is -2.35. The number of benzene rings is 2. The molecule has 1 fully saturated rings. The largest absolute Gasteiger partial charge is 0.317 e. The number of halogens is 1. The Morgan fingerprint density at radius 1 is 1.10 bits per heavy atom. The maximum absolute atomic E-state index is 13.4. The van der Waals surface area contributed by atoms with Crippen molar-refractivity contribution in [2.45, 2.75) is 25.8 Å². The van der Waals surface area contributed by atoms with Crippen molar-refractivity contribution in [1.82, 2.24) is 10.2 Å². The fourth-order valence-electron chi connectivity index (χ4n) is 3.95. The third-order valence-electron chi connectivity index (χ3n) is 5.55. The van der Waals surface area contributed by atoms with Crippen molar-refractivity contribution in [2.24, 2.45) is 0 Å². The standard InChI is InChI=1S/C22H22ClN3O3/c1-14-6-7-16(12-19(14)23)26(15-8-10-24-11-9-15)20(27)13-25-21(28)17-4-2-3-5-18(17)22(25)29/h2-7,12,15,24H,8-11,13H2,1H3. The van der Waals surface area contributed by atoms with E-state index in [0.29, 0.717) is 21.8 Å². The van der Waals surface area contributed by atoms with Crippen LogP contribution in [0.2, 0.25) is 5.02 Å². The lowest BCUT2D eigenvalue weighted by molar-refractivity contribution is -0.119. The number of amides is 3. The lowest BCUT2D eigenvalue weighted by atomic mass is 10.0. The molecule has 0 unspecified atom stereocenters. The molecule has 0 aliphatic carbocycles. The fraction of sp³-hybridized carbons (Fsp3) is 0.318. The average molecular weight is 412 g/mol. The number of carbonyl (C=O) groups is 3. The van der Waals surface area contributed by atoms with Crippen LogP contribution in [0.3, 0.4) is 0 Å². The number of hydrogen-bond acceptors (Lipinski definition) is 4. The van der Waals surface area contributed by atoms with Gasteiger partial charge in [0.25, 0.3) is 11.8 Å². The molecule has 1 saturated heterocycles. The van der Waals surface area contributed by atoms with Crippen molar-refractivity contribution >= 4 is 35.0 Å². The molecule has 2 aliphatic heterocycles. The minimum absolute atomic E-state index is 0.0160. The van der Waals surface area contributed by atoms with Crippen LogP contribution in [0.25, 0.3) is 0 Å². The number of nitrogens with one attached hydrogen (secondary N) is 1. The van der Waals surface area contributed by atoms with Crippen molar-refractivity contribution in [1.29, 1.82) is 0 Å². The first-order chi connectivity index (χ1) is 14.0. The normalized spacial score (nSPS) is 16.8. The minimum Gasteiger partial charge on any atom is -0.317 e. The highest BCUT2D eigenvalue weighted by molar-refractivity contribution is 6.31. The minimum atomic E-state index is -0.425. The van der Waals surface area contributed by atoms with Crippen LogP contribution in [0.15, 0.2) is 42.5 Å². The predicted molar refractivity (Wildman–Crippen MR) is 111 cm³/mol. The Hall–Kier alpha value is -2.70. The molecule has 150 valence electrons. The van der Waals surface area contributed by atoms with E-state index in [2.05, 4.69) is 5.32 Å². The molecule has 0 saturated carbocycles. The summed E-state index contributed by atoms with van der Waals surface area (Å²) in [5.74, 6) is -1.14. The Morgan fingerprint density at radius 2 is 1.72 bits per heavy atom. The van der Waals surface area contributed by atoms with Gasteiger partial charge in [0.1, 0.15) is 6.54 Å². The number of anilines is 1. The molecule has 2 heterocycles. The number of nitrogens with zero attached hydrogens (tertiary/aromatic N) is 2. The van der Waals surface area contributed by atoms with Crippen molar-refractivity contribution < 1.29 is 14.4 Å². The van der Waals surface area contributed by atoms with Crippen molar-refractivity contribution in [3.8, 4) is 0 Å². The first-order valence-electron chi connectivity index (χ1n) is 9.71. The molecule has 6 nitrogen and oxygen atoms in total. The molecule has 0 aromatic heterocycles. The van der Waals surface area contributed by atoms with Gasteiger partial charge in [0, 0.05) is 16.8 Å². The molecule has 0 radical (unpaired) electrons. The summed E-state index contributed by atoms with van der Waals surface area (Å²) >= 11 is 6.31. The second kappa shape index (κ2) is 7.97. The molecular formula is C22H22ClN3O3. The Morgan fingerprint density at radius 3 is 2.31 bits per heavy atom. The van der Waals surface area contributed by atoms with E-state index in [1.807, 2.05) is 19.1 Å². The number of hydrogen-bond donors (Lipinski definition) is 1. The predicted octanol–water partition coefficient (Wildman–Crippen LogP) is 3.03. The Bertz CT molecular complexity index is 950. The van der Waals surface area contributed by atoms with Crippen molar-refractivity contribution in [2.75, 3.05) is 24.5 Å². The van der Waals surface area contributed by atoms with Gasteiger partial charge in [0.15, 0.2) is 0 Å². The molecular weight excluding hydrogens is 390 g/mol. The molecule has 4 rings (SSSR count). The summed E-state index contributed by atoms with van der Waals surface area (Å²) in [4.78, 5) is 41.5. The van der Waals surface area contributed by atoms with Crippen LogP contribution in [-0.4, -0.2) is 48.3 Å². The van der Waals surface area contributed by atoms with Gasteiger partial charge in [-0.2, -0.15) is 0 Å². The van der Waals surface area contributed by atoms with Crippen LogP contribution < -0.4 is 10.2 Å². The molecule has 2 aromatic rings. The highest BCUT2D eigenvalue weighted by atomic mass is 35.5. The van der Waals surface area contributed by atoms with Crippen molar-refractivity contribution in [3.05, 3.63) is 64.2 Å². The molecule has 0 spiro atoms. The van der Waals surface area contributed by atoms with Crippen LogP contribution >= 0.6 is 11.6 Å². The van der Waals surface area contributed by atoms with Crippen LogP contribution in [0.1, 0.15) is 39.1 Å². The van der Waals surface area contributed by atoms with E-state index in [1.54, 1.807) is 35.2 Å². The summed E-state index contributed by atoms with van der Waals surface area (Å²) < 4.78 is 0. The van der Waals surface area contributed by atoms with Gasteiger partial charge in [-0.15, -0.1) is 0 Å². The zero-order valence-electron chi connectivity index (χ0n) is 16.2. The Kier molecular flexibility index (Phi) is 5.39. The van der Waals surface area contributed by atoms with E-state index in [9.17, 15) is 14.4 Å². The fourth-order valence-corrected chi connectivity index (χ4v) is 4.12. The number of fused-ring (bicyclic) bond motifs is 1. The van der Waals surface area contributed by atoms with Gasteiger partial charge in [-0.05, 0) is 62.7 Å². The number of rotatable bonds is 4. The molecule has 7 heteroatoms. The van der Waals surface area contributed by atoms with E-state index in [-0.39, 0.29) is 18.5 Å². The summed E-state index contributed by atoms with van der Waals surface area (Å²) in [7, 11) is 0. The maximum Gasteiger partial charge on any atom is 0.262 e. The second-order valence-corrected chi connectivity index (χ2v) is 7.83. The molecule has 0 atom stereocenters. The van der Waals surface area contributed by atoms with E-state index < -0.39 is 11.8 Å². The lowest BCUT2D eigenvalue weighted by Crippen LogP contribution is -2.50. The van der Waals surface area contributed by atoms with Gasteiger partial charge < -0.3 is 10.2 Å². The zero-order chi connectivity index (χ0) is 20.5. The van der Waals surface area contributed by atoms with E-state index >= 15 is 0 Å². The molecule has 2 aliphatic rings. The smallest absolute Gasteiger partial charge is 0.262 e. The summed E-state index contributed by atoms with van der Waals surface area (Å²) in [6.07, 6.45) is 1.58. The Labute approximate surface area is 174 Å². The number of imide groups is 1. The zero-order valence-corrected chi connectivity index (χ0v) is 16.9. The van der Waals surface area contributed by atoms with E-state index in [4.69, 9.17) is 11.6 Å². The number of aryl methyl sites for hydroxylation is 1. The maximum atomic E-state index is 13.4. The average Bonchev–Trinajstić information content (AvgIpc) is 2.97. The molecule has 1 N–H and O–H groups in total. The third-order valence-corrected chi connectivity index (χ3v) is 5.95. The van der Waals surface area contributed by atoms with Crippen molar-refractivity contribution in [3.63, 3.8) is 0 Å². The SMILES string of the molecule is Cc1ccc(N(C(=O)CN2C(=O)c3ccccc3C2=O)C2CCNCC2)cc1Cl. The molecule has 0 bridgehead atoms. The van der Waals surface area contributed by atoms with E-state index in [0.717, 1.165) is 36.4 Å². The highest BCUT2D eigenvalue weighted by Gasteiger charge is 2.38. The van der Waals surface area contributed by atoms with Crippen LogP contribution in [0, 0.1) is 6.92 Å². The van der Waals surface area contributed by atoms with Gasteiger partial charge in [0.2, 0.25) is 5.91 Å². The molecule has 3 amide bonds. The summed E-state index contributed by atoms with van der Waals surface area (Å²) in [6.45, 7) is 3.23. The summed E-state index contributed by atoms with van der Waals surface area (Å²) in [5, 5.41) is 3.88. The number of piperidine rings is 1.